The van der Waals surface area contributed by atoms with Gasteiger partial charge in [-0.3, -0.25) is 4.79 Å². The maximum Gasteiger partial charge on any atom is 0.238 e. The van der Waals surface area contributed by atoms with Gasteiger partial charge >= 0.3 is 0 Å². The zero-order valence-corrected chi connectivity index (χ0v) is 12.9. The van der Waals surface area contributed by atoms with Gasteiger partial charge in [-0.25, -0.2) is 0 Å². The maximum atomic E-state index is 12.0. The van der Waals surface area contributed by atoms with Gasteiger partial charge in [0.2, 0.25) is 5.91 Å². The Bertz CT molecular complexity index is 587. The molecule has 2 aromatic carbocycles. The van der Waals surface area contributed by atoms with Gasteiger partial charge in [-0.1, -0.05) is 41.9 Å². The van der Waals surface area contributed by atoms with Crippen LogP contribution in [0.5, 0.6) is 0 Å². The van der Waals surface area contributed by atoms with Gasteiger partial charge < -0.3 is 15.7 Å². The molecule has 0 saturated carbocycles. The van der Waals surface area contributed by atoms with Crippen LogP contribution in [-0.2, 0) is 4.79 Å². The minimum atomic E-state index is -0.138. The summed E-state index contributed by atoms with van der Waals surface area (Å²) in [4.78, 5) is 12.0. The normalized spacial score (nSPS) is 11.9. The predicted octanol–water partition coefficient (Wildman–Crippen LogP) is 2.99. The number of aliphatic hydroxyl groups is 1. The van der Waals surface area contributed by atoms with Gasteiger partial charge in [0, 0.05) is 23.4 Å². The minimum Gasteiger partial charge on any atom is -0.396 e. The zero-order valence-electron chi connectivity index (χ0n) is 12.1. The van der Waals surface area contributed by atoms with E-state index in [0.717, 1.165) is 5.56 Å². The van der Waals surface area contributed by atoms with Crippen molar-refractivity contribution in [2.45, 2.75) is 12.5 Å². The highest BCUT2D eigenvalue weighted by Crippen LogP contribution is 2.16. The summed E-state index contributed by atoms with van der Waals surface area (Å²) in [7, 11) is 0. The predicted molar refractivity (Wildman–Crippen MR) is 89.0 cm³/mol. The van der Waals surface area contributed by atoms with Crippen molar-refractivity contribution in [3.05, 3.63) is 65.2 Å². The van der Waals surface area contributed by atoms with Gasteiger partial charge in [0.1, 0.15) is 0 Å². The fraction of sp³-hybridized carbons (Fsp3) is 0.235. The summed E-state index contributed by atoms with van der Waals surface area (Å²) < 4.78 is 0. The first kappa shape index (κ1) is 16.5. The maximum absolute atomic E-state index is 12.0. The third-order valence-electron chi connectivity index (χ3n) is 3.26. The molecule has 1 atom stereocenters. The van der Waals surface area contributed by atoms with Crippen LogP contribution in [0.15, 0.2) is 54.6 Å². The number of aliphatic hydroxyl groups excluding tert-OH is 1. The Morgan fingerprint density at radius 3 is 2.41 bits per heavy atom. The van der Waals surface area contributed by atoms with Crippen LogP contribution < -0.4 is 10.6 Å². The molecule has 2 rings (SSSR count). The van der Waals surface area contributed by atoms with Crippen molar-refractivity contribution in [1.29, 1.82) is 0 Å². The lowest BCUT2D eigenvalue weighted by Crippen LogP contribution is -2.31. The lowest BCUT2D eigenvalue weighted by molar-refractivity contribution is -0.115. The Hall–Kier alpha value is -1.88. The molecule has 0 radical (unpaired) electrons. The van der Waals surface area contributed by atoms with Crippen molar-refractivity contribution in [1.82, 2.24) is 5.32 Å². The molecule has 5 heteroatoms. The van der Waals surface area contributed by atoms with Crippen molar-refractivity contribution < 1.29 is 9.90 Å². The lowest BCUT2D eigenvalue weighted by atomic mass is 10.0. The highest BCUT2D eigenvalue weighted by atomic mass is 35.5. The van der Waals surface area contributed by atoms with E-state index in [1.807, 2.05) is 30.3 Å². The van der Waals surface area contributed by atoms with Gasteiger partial charge in [-0.15, -0.1) is 0 Å². The number of hydrogen-bond donors (Lipinski definition) is 3. The van der Waals surface area contributed by atoms with Gasteiger partial charge in [-0.2, -0.15) is 0 Å². The molecule has 0 aromatic heterocycles. The molecule has 3 N–H and O–H groups in total. The Morgan fingerprint density at radius 2 is 1.77 bits per heavy atom. The van der Waals surface area contributed by atoms with E-state index in [2.05, 4.69) is 10.6 Å². The monoisotopic (exact) mass is 318 g/mol. The van der Waals surface area contributed by atoms with Crippen LogP contribution in [0.2, 0.25) is 5.02 Å². The Morgan fingerprint density at radius 1 is 1.09 bits per heavy atom. The standard InChI is InChI=1S/C17H19ClN2O2/c18-14-6-8-15(9-7-14)20-17(22)12-19-16(10-11-21)13-4-2-1-3-5-13/h1-9,16,19,21H,10-12H2,(H,20,22). The SMILES string of the molecule is O=C(CNC(CCO)c1ccccc1)Nc1ccc(Cl)cc1. The van der Waals surface area contributed by atoms with Crippen molar-refractivity contribution >= 4 is 23.2 Å². The van der Waals surface area contributed by atoms with Crippen molar-refractivity contribution in [2.24, 2.45) is 0 Å². The summed E-state index contributed by atoms with van der Waals surface area (Å²) in [6.45, 7) is 0.230. The topological polar surface area (TPSA) is 61.4 Å². The Kier molecular flexibility index (Phi) is 6.40. The second kappa shape index (κ2) is 8.54. The van der Waals surface area contributed by atoms with E-state index >= 15 is 0 Å². The summed E-state index contributed by atoms with van der Waals surface area (Å²) in [5, 5.41) is 15.8. The largest absolute Gasteiger partial charge is 0.396 e. The Labute approximate surface area is 135 Å². The van der Waals surface area contributed by atoms with Crippen LogP contribution in [-0.4, -0.2) is 24.2 Å². The number of hydrogen-bond acceptors (Lipinski definition) is 3. The number of nitrogens with one attached hydrogen (secondary N) is 2. The summed E-state index contributed by atoms with van der Waals surface area (Å²) >= 11 is 5.80. The molecule has 0 aliphatic heterocycles. The molecule has 0 fully saturated rings. The lowest BCUT2D eigenvalue weighted by Gasteiger charge is -2.18. The fourth-order valence-electron chi connectivity index (χ4n) is 2.16. The number of carbonyl (C=O) groups excluding carboxylic acids is 1. The average Bonchev–Trinajstić information content (AvgIpc) is 2.54. The molecule has 0 saturated heterocycles. The summed E-state index contributed by atoms with van der Waals surface area (Å²) in [5.41, 5.74) is 1.76. The number of anilines is 1. The van der Waals surface area contributed by atoms with E-state index in [4.69, 9.17) is 11.6 Å². The Balaban J connectivity index is 1.89. The van der Waals surface area contributed by atoms with Crippen LogP contribution in [0, 0.1) is 0 Å². The summed E-state index contributed by atoms with van der Waals surface area (Å²) in [6.07, 6.45) is 0.554. The molecule has 0 aliphatic carbocycles. The first-order chi connectivity index (χ1) is 10.7. The molecule has 0 bridgehead atoms. The van der Waals surface area contributed by atoms with Crippen molar-refractivity contribution in [3.63, 3.8) is 0 Å². The molecule has 0 heterocycles. The van der Waals surface area contributed by atoms with Crippen molar-refractivity contribution in [2.75, 3.05) is 18.5 Å². The highest BCUT2D eigenvalue weighted by Gasteiger charge is 2.12. The van der Waals surface area contributed by atoms with Crippen molar-refractivity contribution in [3.8, 4) is 0 Å². The second-order valence-corrected chi connectivity index (χ2v) is 5.35. The minimum absolute atomic E-state index is 0.0535. The molecule has 116 valence electrons. The van der Waals surface area contributed by atoms with Crippen LogP contribution >= 0.6 is 11.6 Å². The van der Waals surface area contributed by atoms with Gasteiger partial charge in [0.15, 0.2) is 0 Å². The number of rotatable bonds is 7. The number of halogens is 1. The average molecular weight is 319 g/mol. The molecule has 1 unspecified atom stereocenters. The van der Waals surface area contributed by atoms with E-state index < -0.39 is 0 Å². The third-order valence-corrected chi connectivity index (χ3v) is 3.51. The van der Waals surface area contributed by atoms with E-state index in [1.54, 1.807) is 24.3 Å². The molecular weight excluding hydrogens is 300 g/mol. The van der Waals surface area contributed by atoms with Crippen LogP contribution in [0.4, 0.5) is 5.69 Å². The molecule has 1 amide bonds. The van der Waals surface area contributed by atoms with E-state index in [-0.39, 0.29) is 25.1 Å². The third kappa shape index (κ3) is 5.15. The van der Waals surface area contributed by atoms with Crippen LogP contribution in [0.3, 0.4) is 0 Å². The van der Waals surface area contributed by atoms with Gasteiger partial charge in [0.05, 0.1) is 6.54 Å². The second-order valence-electron chi connectivity index (χ2n) is 4.91. The first-order valence-electron chi connectivity index (χ1n) is 7.13. The van der Waals surface area contributed by atoms with Crippen LogP contribution in [0.25, 0.3) is 0 Å². The number of amides is 1. The molecule has 0 spiro atoms. The van der Waals surface area contributed by atoms with Gasteiger partial charge in [0.25, 0.3) is 0 Å². The smallest absolute Gasteiger partial charge is 0.238 e. The number of benzene rings is 2. The van der Waals surface area contributed by atoms with E-state index in [1.165, 1.54) is 0 Å². The first-order valence-corrected chi connectivity index (χ1v) is 7.51. The molecule has 4 nitrogen and oxygen atoms in total. The van der Waals surface area contributed by atoms with E-state index in [9.17, 15) is 9.90 Å². The van der Waals surface area contributed by atoms with E-state index in [0.29, 0.717) is 17.1 Å². The fourth-order valence-corrected chi connectivity index (χ4v) is 2.28. The highest BCUT2D eigenvalue weighted by molar-refractivity contribution is 6.30. The quantitative estimate of drug-likeness (QED) is 0.735. The number of carbonyl (C=O) groups is 1. The zero-order chi connectivity index (χ0) is 15.8. The summed E-state index contributed by atoms with van der Waals surface area (Å²) in [5.74, 6) is -0.138. The molecule has 2 aromatic rings. The molecular formula is C17H19ClN2O2. The molecule has 22 heavy (non-hydrogen) atoms. The summed E-state index contributed by atoms with van der Waals surface area (Å²) in [6, 6.07) is 16.7. The van der Waals surface area contributed by atoms with Gasteiger partial charge in [-0.05, 0) is 36.2 Å². The molecule has 0 aliphatic rings. The van der Waals surface area contributed by atoms with Crippen LogP contribution in [0.1, 0.15) is 18.0 Å².